The van der Waals surface area contributed by atoms with Crippen LogP contribution in [0.4, 0.5) is 0 Å². The van der Waals surface area contributed by atoms with Crippen LogP contribution in [-0.4, -0.2) is 22.7 Å². The molecule has 0 unspecified atom stereocenters. The quantitative estimate of drug-likeness (QED) is 0.912. The monoisotopic (exact) mass is 299 g/mol. The van der Waals surface area contributed by atoms with Crippen molar-refractivity contribution < 1.29 is 19.4 Å². The van der Waals surface area contributed by atoms with Crippen molar-refractivity contribution in [3.63, 3.8) is 0 Å². The van der Waals surface area contributed by atoms with E-state index in [0.29, 0.717) is 18.1 Å². The Hall–Kier alpha value is -1.79. The zero-order valence-electron chi connectivity index (χ0n) is 9.92. The van der Waals surface area contributed by atoms with E-state index >= 15 is 0 Å². The topological polar surface area (TPSA) is 68.7 Å². The SMILES string of the molecule is CCOc1ccccc1Oc1nc(Cl)c(C(=O)O)s1. The summed E-state index contributed by atoms with van der Waals surface area (Å²) in [6, 6.07) is 7.06. The van der Waals surface area contributed by atoms with Crippen molar-refractivity contribution in [2.45, 2.75) is 6.92 Å². The van der Waals surface area contributed by atoms with Gasteiger partial charge in [-0.1, -0.05) is 35.1 Å². The molecular formula is C12H10ClNO4S. The van der Waals surface area contributed by atoms with Gasteiger partial charge in [0, 0.05) is 0 Å². The van der Waals surface area contributed by atoms with Crippen molar-refractivity contribution in [1.82, 2.24) is 4.98 Å². The molecule has 0 aliphatic heterocycles. The number of hydrogen-bond acceptors (Lipinski definition) is 5. The maximum absolute atomic E-state index is 10.9. The maximum atomic E-state index is 10.9. The summed E-state index contributed by atoms with van der Waals surface area (Å²) in [5, 5.41) is 8.97. The zero-order valence-corrected chi connectivity index (χ0v) is 11.5. The largest absolute Gasteiger partial charge is 0.490 e. The molecule has 1 N–H and O–H groups in total. The molecule has 0 bridgehead atoms. The molecule has 0 aliphatic rings. The summed E-state index contributed by atoms with van der Waals surface area (Å²) in [7, 11) is 0. The van der Waals surface area contributed by atoms with Crippen molar-refractivity contribution in [3.05, 3.63) is 34.3 Å². The molecule has 2 rings (SSSR count). The number of rotatable bonds is 5. The molecule has 0 saturated carbocycles. The van der Waals surface area contributed by atoms with E-state index in [-0.39, 0.29) is 15.2 Å². The van der Waals surface area contributed by atoms with Gasteiger partial charge in [-0.15, -0.1) is 0 Å². The van der Waals surface area contributed by atoms with Gasteiger partial charge in [0.05, 0.1) is 6.61 Å². The molecule has 1 aromatic carbocycles. The molecule has 7 heteroatoms. The number of nitrogens with zero attached hydrogens (tertiary/aromatic N) is 1. The van der Waals surface area contributed by atoms with Crippen LogP contribution in [0.1, 0.15) is 16.6 Å². The first-order chi connectivity index (χ1) is 9.11. The summed E-state index contributed by atoms with van der Waals surface area (Å²) >= 11 is 6.58. The van der Waals surface area contributed by atoms with Crippen LogP contribution in [-0.2, 0) is 0 Å². The fraction of sp³-hybridized carbons (Fsp3) is 0.167. The number of halogens is 1. The Morgan fingerprint density at radius 1 is 1.42 bits per heavy atom. The molecule has 0 amide bonds. The number of carboxylic acid groups (broad SMARTS) is 1. The van der Waals surface area contributed by atoms with Crippen molar-refractivity contribution in [1.29, 1.82) is 0 Å². The molecule has 100 valence electrons. The Balaban J connectivity index is 2.26. The second kappa shape index (κ2) is 5.90. The summed E-state index contributed by atoms with van der Waals surface area (Å²) in [6.45, 7) is 2.36. The highest BCUT2D eigenvalue weighted by atomic mass is 35.5. The highest BCUT2D eigenvalue weighted by Crippen LogP contribution is 2.35. The van der Waals surface area contributed by atoms with Crippen LogP contribution >= 0.6 is 22.9 Å². The lowest BCUT2D eigenvalue weighted by Crippen LogP contribution is -1.94. The molecule has 0 saturated heterocycles. The number of aromatic carboxylic acids is 1. The second-order valence-electron chi connectivity index (χ2n) is 3.39. The van der Waals surface area contributed by atoms with Gasteiger partial charge in [-0.3, -0.25) is 0 Å². The lowest BCUT2D eigenvalue weighted by atomic mass is 10.3. The van der Waals surface area contributed by atoms with Gasteiger partial charge in [-0.05, 0) is 19.1 Å². The fourth-order valence-corrected chi connectivity index (χ4v) is 2.35. The first kappa shape index (κ1) is 13.6. The average Bonchev–Trinajstić information content (AvgIpc) is 2.73. The maximum Gasteiger partial charge on any atom is 0.349 e. The van der Waals surface area contributed by atoms with Crippen molar-refractivity contribution in [2.75, 3.05) is 6.61 Å². The molecule has 5 nitrogen and oxygen atoms in total. The van der Waals surface area contributed by atoms with Crippen LogP contribution in [0.15, 0.2) is 24.3 Å². The highest BCUT2D eigenvalue weighted by molar-refractivity contribution is 7.15. The van der Waals surface area contributed by atoms with E-state index in [1.807, 2.05) is 13.0 Å². The number of benzene rings is 1. The highest BCUT2D eigenvalue weighted by Gasteiger charge is 2.17. The first-order valence-corrected chi connectivity index (χ1v) is 6.60. The molecule has 1 heterocycles. The Morgan fingerprint density at radius 3 is 2.68 bits per heavy atom. The number of hydrogen-bond donors (Lipinski definition) is 1. The van der Waals surface area contributed by atoms with Crippen molar-refractivity contribution in [2.24, 2.45) is 0 Å². The van der Waals surface area contributed by atoms with Gasteiger partial charge in [0.1, 0.15) is 0 Å². The minimum atomic E-state index is -1.13. The number of para-hydroxylation sites is 2. The Morgan fingerprint density at radius 2 is 2.11 bits per heavy atom. The number of aromatic nitrogens is 1. The Labute approximate surface area is 118 Å². The average molecular weight is 300 g/mol. The second-order valence-corrected chi connectivity index (χ2v) is 4.71. The zero-order chi connectivity index (χ0) is 13.8. The predicted octanol–water partition coefficient (Wildman–Crippen LogP) is 3.69. The van der Waals surface area contributed by atoms with E-state index in [1.165, 1.54) is 0 Å². The fourth-order valence-electron chi connectivity index (χ4n) is 1.36. The van der Waals surface area contributed by atoms with Gasteiger partial charge in [0.15, 0.2) is 21.5 Å². The summed E-state index contributed by atoms with van der Waals surface area (Å²) in [5.74, 6) is -0.102. The van der Waals surface area contributed by atoms with Crippen LogP contribution < -0.4 is 9.47 Å². The molecule has 0 aliphatic carbocycles. The van der Waals surface area contributed by atoms with E-state index in [2.05, 4.69) is 4.98 Å². The summed E-state index contributed by atoms with van der Waals surface area (Å²) in [4.78, 5) is 14.7. The third-order valence-corrected chi connectivity index (χ3v) is 3.41. The lowest BCUT2D eigenvalue weighted by molar-refractivity contribution is 0.0702. The minimum absolute atomic E-state index is 0.0504. The van der Waals surface area contributed by atoms with E-state index in [9.17, 15) is 4.79 Å². The van der Waals surface area contributed by atoms with Crippen LogP contribution in [0.3, 0.4) is 0 Å². The number of carbonyl (C=O) groups is 1. The van der Waals surface area contributed by atoms with Gasteiger partial charge < -0.3 is 14.6 Å². The minimum Gasteiger partial charge on any atom is -0.490 e. The van der Waals surface area contributed by atoms with Crippen molar-refractivity contribution in [3.8, 4) is 16.7 Å². The van der Waals surface area contributed by atoms with Crippen LogP contribution in [0.5, 0.6) is 16.7 Å². The summed E-state index contributed by atoms with van der Waals surface area (Å²) < 4.78 is 10.9. The Kier molecular flexibility index (Phi) is 4.24. The molecule has 2 aromatic rings. The molecule has 19 heavy (non-hydrogen) atoms. The molecule has 0 atom stereocenters. The molecule has 0 spiro atoms. The summed E-state index contributed by atoms with van der Waals surface area (Å²) in [6.07, 6.45) is 0. The van der Waals surface area contributed by atoms with Crippen LogP contribution in [0.25, 0.3) is 0 Å². The number of ether oxygens (including phenoxy) is 2. The Bertz CT molecular complexity index is 599. The van der Waals surface area contributed by atoms with Crippen LogP contribution in [0, 0.1) is 0 Å². The predicted molar refractivity (Wildman–Crippen MR) is 71.8 cm³/mol. The van der Waals surface area contributed by atoms with Gasteiger partial charge >= 0.3 is 5.97 Å². The van der Waals surface area contributed by atoms with Gasteiger partial charge in [-0.2, -0.15) is 4.98 Å². The molecular weight excluding hydrogens is 290 g/mol. The summed E-state index contributed by atoms with van der Waals surface area (Å²) in [5.41, 5.74) is 0. The van der Waals surface area contributed by atoms with E-state index < -0.39 is 5.97 Å². The van der Waals surface area contributed by atoms with Crippen LogP contribution in [0.2, 0.25) is 5.15 Å². The molecule has 1 aromatic heterocycles. The van der Waals surface area contributed by atoms with Gasteiger partial charge in [0.25, 0.3) is 5.19 Å². The standard InChI is InChI=1S/C12H10ClNO4S/c1-2-17-7-5-3-4-6-8(7)18-12-14-10(13)9(19-12)11(15)16/h3-6H,2H2,1H3,(H,15,16). The molecule has 0 fully saturated rings. The normalized spacial score (nSPS) is 10.2. The van der Waals surface area contributed by atoms with E-state index in [1.54, 1.807) is 18.2 Å². The lowest BCUT2D eigenvalue weighted by Gasteiger charge is -2.08. The first-order valence-electron chi connectivity index (χ1n) is 5.41. The number of carboxylic acids is 1. The third-order valence-electron chi connectivity index (χ3n) is 2.11. The smallest absolute Gasteiger partial charge is 0.349 e. The van der Waals surface area contributed by atoms with Gasteiger partial charge in [0.2, 0.25) is 0 Å². The third kappa shape index (κ3) is 3.15. The molecule has 0 radical (unpaired) electrons. The van der Waals surface area contributed by atoms with E-state index in [4.69, 9.17) is 26.2 Å². The van der Waals surface area contributed by atoms with Gasteiger partial charge in [-0.25, -0.2) is 4.79 Å². The van der Waals surface area contributed by atoms with Crippen molar-refractivity contribution >= 4 is 28.9 Å². The van der Waals surface area contributed by atoms with E-state index in [0.717, 1.165) is 11.3 Å². The number of thiazole rings is 1.